The van der Waals surface area contributed by atoms with Crippen LogP contribution in [0.3, 0.4) is 0 Å². The summed E-state index contributed by atoms with van der Waals surface area (Å²) in [6.07, 6.45) is 1.83. The van der Waals surface area contributed by atoms with Crippen molar-refractivity contribution in [2.24, 2.45) is 4.99 Å². The Morgan fingerprint density at radius 1 is 1.00 bits per heavy atom. The fraction of sp³-hybridized carbons (Fsp3) is 0.360. The maximum atomic E-state index is 5.95. The highest BCUT2D eigenvalue weighted by atomic mass is 127. The Balaban J connectivity index is 0.00000363. The molecule has 3 rings (SSSR count). The molecule has 0 spiro atoms. The van der Waals surface area contributed by atoms with Crippen LogP contribution in [0.5, 0.6) is 5.75 Å². The van der Waals surface area contributed by atoms with Gasteiger partial charge in [-0.05, 0) is 44.0 Å². The van der Waals surface area contributed by atoms with Gasteiger partial charge in [0.2, 0.25) is 0 Å². The van der Waals surface area contributed by atoms with Crippen molar-refractivity contribution in [1.82, 2.24) is 15.6 Å². The van der Waals surface area contributed by atoms with Gasteiger partial charge in [0.15, 0.2) is 5.96 Å². The van der Waals surface area contributed by atoms with E-state index in [1.165, 1.54) is 0 Å². The summed E-state index contributed by atoms with van der Waals surface area (Å²) in [7, 11) is 0. The number of halogens is 1. The predicted molar refractivity (Wildman–Crippen MR) is 142 cm³/mol. The topological polar surface area (TPSA) is 67.8 Å². The fourth-order valence-corrected chi connectivity index (χ4v) is 3.28. The van der Waals surface area contributed by atoms with Crippen molar-refractivity contribution in [3.63, 3.8) is 0 Å². The molecule has 6 nitrogen and oxygen atoms in total. The second-order valence-corrected chi connectivity index (χ2v) is 7.20. The molecule has 172 valence electrons. The molecule has 1 aromatic heterocycles. The average molecular weight is 548 g/mol. The quantitative estimate of drug-likeness (QED) is 0.165. The Labute approximate surface area is 207 Å². The number of aryl methyl sites for hydroxylation is 1. The van der Waals surface area contributed by atoms with Crippen LogP contribution in [0.25, 0.3) is 10.9 Å². The zero-order valence-corrected chi connectivity index (χ0v) is 21.4. The highest BCUT2D eigenvalue weighted by Gasteiger charge is 2.07. The van der Waals surface area contributed by atoms with Crippen molar-refractivity contribution in [2.75, 3.05) is 26.4 Å². The summed E-state index contributed by atoms with van der Waals surface area (Å²) in [5, 5.41) is 7.88. The molecule has 0 aliphatic heterocycles. The Hall–Kier alpha value is -2.39. The standard InChI is InChI=1S/C25H32N4O2.HI/c1-4-26-25(29-18-22-9-6-8-20-10-7-13-27-24(20)22)28-17-21-12-11-19(3)16-23(21)31-15-14-30-5-2;/h6-13,16H,4-5,14-15,17-18H2,1-3H3,(H2,26,28,29);1H. The van der Waals surface area contributed by atoms with E-state index in [2.05, 4.69) is 71.9 Å². The number of rotatable bonds is 10. The molecule has 0 aliphatic carbocycles. The van der Waals surface area contributed by atoms with Crippen LogP contribution in [0.1, 0.15) is 30.5 Å². The van der Waals surface area contributed by atoms with E-state index in [1.807, 2.05) is 19.2 Å². The molecule has 3 aromatic rings. The number of aliphatic imine (C=N–C) groups is 1. The number of aromatic nitrogens is 1. The van der Waals surface area contributed by atoms with Gasteiger partial charge in [-0.25, -0.2) is 4.99 Å². The number of nitrogens with zero attached hydrogens (tertiary/aromatic N) is 2. The number of hydrogen-bond acceptors (Lipinski definition) is 4. The molecule has 0 saturated carbocycles. The molecule has 0 atom stereocenters. The van der Waals surface area contributed by atoms with E-state index in [1.54, 1.807) is 0 Å². The number of pyridine rings is 1. The molecule has 32 heavy (non-hydrogen) atoms. The summed E-state index contributed by atoms with van der Waals surface area (Å²) >= 11 is 0. The molecule has 2 aromatic carbocycles. The lowest BCUT2D eigenvalue weighted by molar-refractivity contribution is 0.110. The van der Waals surface area contributed by atoms with Crippen LogP contribution in [0, 0.1) is 6.92 Å². The Morgan fingerprint density at radius 3 is 2.66 bits per heavy atom. The van der Waals surface area contributed by atoms with E-state index in [0.717, 1.165) is 45.8 Å². The molecule has 0 fully saturated rings. The Morgan fingerprint density at radius 2 is 1.84 bits per heavy atom. The number of fused-ring (bicyclic) bond motifs is 1. The monoisotopic (exact) mass is 548 g/mol. The first-order chi connectivity index (χ1) is 15.2. The second kappa shape index (κ2) is 13.9. The van der Waals surface area contributed by atoms with Crippen molar-refractivity contribution in [2.45, 2.75) is 33.9 Å². The molecule has 2 N–H and O–H groups in total. The summed E-state index contributed by atoms with van der Waals surface area (Å²) in [6, 6.07) is 16.5. The first-order valence-electron chi connectivity index (χ1n) is 10.9. The van der Waals surface area contributed by atoms with Gasteiger partial charge in [-0.3, -0.25) is 4.98 Å². The van der Waals surface area contributed by atoms with Crippen LogP contribution in [0.2, 0.25) is 0 Å². The minimum absolute atomic E-state index is 0. The largest absolute Gasteiger partial charge is 0.491 e. The van der Waals surface area contributed by atoms with E-state index >= 15 is 0 Å². The van der Waals surface area contributed by atoms with Gasteiger partial charge in [0.05, 0.1) is 18.7 Å². The van der Waals surface area contributed by atoms with E-state index in [0.29, 0.717) is 32.9 Å². The third-order valence-corrected chi connectivity index (χ3v) is 4.83. The molecular weight excluding hydrogens is 515 g/mol. The molecule has 0 unspecified atom stereocenters. The summed E-state index contributed by atoms with van der Waals surface area (Å²) in [5.74, 6) is 1.62. The first-order valence-corrected chi connectivity index (χ1v) is 10.9. The van der Waals surface area contributed by atoms with Gasteiger partial charge < -0.3 is 20.1 Å². The molecule has 7 heteroatoms. The number of guanidine groups is 1. The zero-order chi connectivity index (χ0) is 21.9. The van der Waals surface area contributed by atoms with Gasteiger partial charge in [-0.1, -0.05) is 36.4 Å². The maximum absolute atomic E-state index is 5.95. The lowest BCUT2D eigenvalue weighted by atomic mass is 10.1. The minimum atomic E-state index is 0. The normalized spacial score (nSPS) is 11.2. The Kier molecular flexibility index (Phi) is 11.2. The average Bonchev–Trinajstić information content (AvgIpc) is 2.79. The predicted octanol–water partition coefficient (Wildman–Crippen LogP) is 4.83. The van der Waals surface area contributed by atoms with Crippen LogP contribution in [-0.4, -0.2) is 37.3 Å². The van der Waals surface area contributed by atoms with Gasteiger partial charge in [0.1, 0.15) is 12.4 Å². The van der Waals surface area contributed by atoms with Crippen LogP contribution >= 0.6 is 24.0 Å². The Bertz CT molecular complexity index is 1000. The lowest BCUT2D eigenvalue weighted by Gasteiger charge is -2.14. The molecule has 0 bridgehead atoms. The van der Waals surface area contributed by atoms with Crippen LogP contribution in [0.15, 0.2) is 59.7 Å². The van der Waals surface area contributed by atoms with Gasteiger partial charge in [-0.15, -0.1) is 24.0 Å². The second-order valence-electron chi connectivity index (χ2n) is 7.20. The van der Waals surface area contributed by atoms with E-state index in [4.69, 9.17) is 14.5 Å². The number of hydrogen-bond donors (Lipinski definition) is 2. The van der Waals surface area contributed by atoms with Crippen LogP contribution < -0.4 is 15.4 Å². The summed E-state index contributed by atoms with van der Waals surface area (Å²) in [4.78, 5) is 9.31. The number of nitrogens with one attached hydrogen (secondary N) is 2. The maximum Gasteiger partial charge on any atom is 0.191 e. The van der Waals surface area contributed by atoms with Crippen LogP contribution in [0.4, 0.5) is 0 Å². The molecule has 0 radical (unpaired) electrons. The highest BCUT2D eigenvalue weighted by Crippen LogP contribution is 2.21. The first kappa shape index (κ1) is 25.9. The van der Waals surface area contributed by atoms with E-state index in [-0.39, 0.29) is 24.0 Å². The molecular formula is C25H33IN4O2. The van der Waals surface area contributed by atoms with Crippen molar-refractivity contribution in [1.29, 1.82) is 0 Å². The van der Waals surface area contributed by atoms with Gasteiger partial charge >= 0.3 is 0 Å². The number of para-hydroxylation sites is 1. The molecule has 0 saturated heterocycles. The molecule has 0 aliphatic rings. The summed E-state index contributed by atoms with van der Waals surface area (Å²) in [5.41, 5.74) is 4.36. The molecule has 0 amide bonds. The van der Waals surface area contributed by atoms with Gasteiger partial charge in [0, 0.05) is 36.8 Å². The number of benzene rings is 2. The fourth-order valence-electron chi connectivity index (χ4n) is 3.28. The minimum Gasteiger partial charge on any atom is -0.491 e. The zero-order valence-electron chi connectivity index (χ0n) is 19.1. The van der Waals surface area contributed by atoms with Crippen molar-refractivity contribution < 1.29 is 9.47 Å². The SMILES string of the molecule is CCNC(=NCc1ccc(C)cc1OCCOCC)NCc1cccc2cccnc12.I. The van der Waals surface area contributed by atoms with Crippen molar-refractivity contribution in [3.8, 4) is 5.75 Å². The summed E-state index contributed by atoms with van der Waals surface area (Å²) < 4.78 is 11.3. The molecule has 1 heterocycles. The van der Waals surface area contributed by atoms with Gasteiger partial charge in [-0.2, -0.15) is 0 Å². The van der Waals surface area contributed by atoms with E-state index < -0.39 is 0 Å². The lowest BCUT2D eigenvalue weighted by Crippen LogP contribution is -2.36. The van der Waals surface area contributed by atoms with Crippen molar-refractivity contribution >= 4 is 40.8 Å². The number of ether oxygens (including phenoxy) is 2. The van der Waals surface area contributed by atoms with E-state index in [9.17, 15) is 0 Å². The van der Waals surface area contributed by atoms with Crippen molar-refractivity contribution in [3.05, 3.63) is 71.4 Å². The van der Waals surface area contributed by atoms with Crippen LogP contribution in [-0.2, 0) is 17.8 Å². The van der Waals surface area contributed by atoms with Gasteiger partial charge in [0.25, 0.3) is 0 Å². The summed E-state index contributed by atoms with van der Waals surface area (Å²) in [6.45, 7) is 9.85. The third-order valence-electron chi connectivity index (χ3n) is 4.83. The third kappa shape index (κ3) is 7.63. The highest BCUT2D eigenvalue weighted by molar-refractivity contribution is 14.0. The smallest absolute Gasteiger partial charge is 0.191 e.